The predicted octanol–water partition coefficient (Wildman–Crippen LogP) is 4.45. The summed E-state index contributed by atoms with van der Waals surface area (Å²) < 4.78 is 0. The zero-order valence-electron chi connectivity index (χ0n) is 12.8. The van der Waals surface area contributed by atoms with Gasteiger partial charge in [0.1, 0.15) is 0 Å². The summed E-state index contributed by atoms with van der Waals surface area (Å²) in [5.74, 6) is 0.619. The molecule has 1 aromatic rings. The van der Waals surface area contributed by atoms with Gasteiger partial charge in [-0.2, -0.15) is 0 Å². The van der Waals surface area contributed by atoms with E-state index < -0.39 is 0 Å². The van der Waals surface area contributed by atoms with Crippen LogP contribution in [0.5, 0.6) is 0 Å². The van der Waals surface area contributed by atoms with Gasteiger partial charge in [-0.15, -0.1) is 0 Å². The van der Waals surface area contributed by atoms with Gasteiger partial charge in [-0.1, -0.05) is 66.5 Å². The fraction of sp³-hybridized carbons (Fsp3) is 0.588. The highest BCUT2D eigenvalue weighted by molar-refractivity contribution is 9.09. The molecule has 0 fully saturated rings. The monoisotopic (exact) mass is 339 g/mol. The third-order valence-electron chi connectivity index (χ3n) is 3.89. The summed E-state index contributed by atoms with van der Waals surface area (Å²) in [5, 5.41) is 0.941. The average molecular weight is 340 g/mol. The third-order valence-corrected chi connectivity index (χ3v) is 4.45. The summed E-state index contributed by atoms with van der Waals surface area (Å²) in [6.45, 7) is 8.01. The summed E-state index contributed by atoms with van der Waals surface area (Å²) >= 11 is 3.44. The van der Waals surface area contributed by atoms with Crippen LogP contribution in [0.3, 0.4) is 0 Å². The Kier molecular flexibility index (Phi) is 7.90. The molecule has 2 nitrogen and oxygen atoms in total. The first kappa shape index (κ1) is 17.2. The normalized spacial score (nSPS) is 13.8. The van der Waals surface area contributed by atoms with Crippen molar-refractivity contribution in [2.45, 2.75) is 39.5 Å². The van der Waals surface area contributed by atoms with Gasteiger partial charge in [0.2, 0.25) is 5.91 Å². The molecule has 2 unspecified atom stereocenters. The van der Waals surface area contributed by atoms with E-state index in [1.807, 2.05) is 23.1 Å². The lowest BCUT2D eigenvalue weighted by Gasteiger charge is -2.29. The number of hydrogen-bond acceptors (Lipinski definition) is 1. The van der Waals surface area contributed by atoms with E-state index in [-0.39, 0.29) is 11.8 Å². The Bertz CT molecular complexity index is 393. The molecule has 0 bridgehead atoms. The zero-order valence-corrected chi connectivity index (χ0v) is 14.4. The maximum atomic E-state index is 12.9. The van der Waals surface area contributed by atoms with Crippen LogP contribution >= 0.6 is 15.9 Å². The Morgan fingerprint density at radius 3 is 2.40 bits per heavy atom. The number of amides is 1. The molecule has 2 atom stereocenters. The van der Waals surface area contributed by atoms with Gasteiger partial charge >= 0.3 is 0 Å². The summed E-state index contributed by atoms with van der Waals surface area (Å²) in [7, 11) is 0. The quantitative estimate of drug-likeness (QED) is 0.640. The number of halogens is 1. The van der Waals surface area contributed by atoms with Gasteiger partial charge in [-0.3, -0.25) is 4.79 Å². The Morgan fingerprint density at radius 1 is 1.25 bits per heavy atom. The Labute approximate surface area is 131 Å². The molecule has 1 aromatic carbocycles. The van der Waals surface area contributed by atoms with Crippen LogP contribution < -0.4 is 0 Å². The van der Waals surface area contributed by atoms with Crippen molar-refractivity contribution in [3.8, 4) is 0 Å². The van der Waals surface area contributed by atoms with Gasteiger partial charge in [-0.25, -0.2) is 0 Å². The Morgan fingerprint density at radius 2 is 1.90 bits per heavy atom. The van der Waals surface area contributed by atoms with Crippen LogP contribution in [0, 0.1) is 5.92 Å². The van der Waals surface area contributed by atoms with Crippen LogP contribution in [0.1, 0.15) is 45.1 Å². The second kappa shape index (κ2) is 9.17. The molecule has 0 saturated heterocycles. The predicted molar refractivity (Wildman–Crippen MR) is 89.3 cm³/mol. The van der Waals surface area contributed by atoms with E-state index in [0.29, 0.717) is 5.92 Å². The molecule has 1 amide bonds. The fourth-order valence-electron chi connectivity index (χ4n) is 2.48. The third kappa shape index (κ3) is 4.62. The molecule has 0 aromatic heterocycles. The van der Waals surface area contributed by atoms with Gasteiger partial charge in [0.15, 0.2) is 0 Å². The molecule has 0 N–H and O–H groups in total. The van der Waals surface area contributed by atoms with Crippen molar-refractivity contribution in [2.75, 3.05) is 18.4 Å². The first-order valence-electron chi connectivity index (χ1n) is 7.55. The molecule has 1 rings (SSSR count). The van der Waals surface area contributed by atoms with E-state index in [9.17, 15) is 4.79 Å². The van der Waals surface area contributed by atoms with Crippen LogP contribution in [0.15, 0.2) is 30.3 Å². The molecule has 0 aliphatic rings. The van der Waals surface area contributed by atoms with Gasteiger partial charge in [-0.05, 0) is 24.8 Å². The lowest BCUT2D eigenvalue weighted by molar-refractivity contribution is -0.133. The minimum atomic E-state index is -0.0172. The highest BCUT2D eigenvalue weighted by atomic mass is 79.9. The van der Waals surface area contributed by atoms with E-state index in [2.05, 4.69) is 48.8 Å². The van der Waals surface area contributed by atoms with E-state index in [4.69, 9.17) is 0 Å². The molecule has 0 aliphatic heterocycles. The first-order chi connectivity index (χ1) is 9.65. The van der Waals surface area contributed by atoms with Crippen LogP contribution in [0.25, 0.3) is 0 Å². The van der Waals surface area contributed by atoms with E-state index in [1.165, 1.54) is 0 Å². The highest BCUT2D eigenvalue weighted by Gasteiger charge is 2.28. The second-order valence-electron chi connectivity index (χ2n) is 5.23. The van der Waals surface area contributed by atoms with Crippen molar-refractivity contribution in [2.24, 2.45) is 5.92 Å². The minimum Gasteiger partial charge on any atom is -0.342 e. The van der Waals surface area contributed by atoms with Gasteiger partial charge in [0.25, 0.3) is 0 Å². The van der Waals surface area contributed by atoms with Gasteiger partial charge in [0.05, 0.1) is 5.92 Å². The average Bonchev–Trinajstić information content (AvgIpc) is 2.49. The van der Waals surface area contributed by atoms with Gasteiger partial charge in [0, 0.05) is 18.4 Å². The summed E-state index contributed by atoms with van der Waals surface area (Å²) in [4.78, 5) is 14.9. The van der Waals surface area contributed by atoms with Crippen molar-refractivity contribution in [1.29, 1.82) is 0 Å². The van der Waals surface area contributed by atoms with Crippen molar-refractivity contribution in [1.82, 2.24) is 4.90 Å². The standard InChI is InChI=1S/C17H26BrNO/c1-4-14(3)16(15-10-7-6-8-11-15)17(20)19(5-2)13-9-12-18/h6-8,10-11,14,16H,4-5,9,12-13H2,1-3H3. The molecule has 0 aliphatic carbocycles. The number of carbonyl (C=O) groups is 1. The number of likely N-dealkylation sites (N-methyl/N-ethyl adjacent to an activating group) is 1. The van der Waals surface area contributed by atoms with Crippen LogP contribution in [0.4, 0.5) is 0 Å². The number of alkyl halides is 1. The molecule has 0 radical (unpaired) electrons. The van der Waals surface area contributed by atoms with Crippen LogP contribution in [-0.4, -0.2) is 29.2 Å². The summed E-state index contributed by atoms with van der Waals surface area (Å²) in [6.07, 6.45) is 2.02. The zero-order chi connectivity index (χ0) is 15.0. The van der Waals surface area contributed by atoms with Gasteiger partial charge < -0.3 is 4.90 Å². The minimum absolute atomic E-state index is 0.0172. The maximum Gasteiger partial charge on any atom is 0.230 e. The van der Waals surface area contributed by atoms with E-state index >= 15 is 0 Å². The highest BCUT2D eigenvalue weighted by Crippen LogP contribution is 2.29. The van der Waals surface area contributed by atoms with E-state index in [1.54, 1.807) is 0 Å². The van der Waals surface area contributed by atoms with Crippen molar-refractivity contribution >= 4 is 21.8 Å². The van der Waals surface area contributed by atoms with E-state index in [0.717, 1.165) is 36.8 Å². The second-order valence-corrected chi connectivity index (χ2v) is 6.03. The fourth-order valence-corrected chi connectivity index (χ4v) is 2.73. The molecular weight excluding hydrogens is 314 g/mol. The number of carbonyl (C=O) groups excluding carboxylic acids is 1. The molecule has 0 spiro atoms. The van der Waals surface area contributed by atoms with Crippen molar-refractivity contribution in [3.05, 3.63) is 35.9 Å². The summed E-state index contributed by atoms with van der Waals surface area (Å²) in [6, 6.07) is 10.2. The lowest BCUT2D eigenvalue weighted by Crippen LogP contribution is -2.38. The first-order valence-corrected chi connectivity index (χ1v) is 8.67. The van der Waals surface area contributed by atoms with Crippen molar-refractivity contribution in [3.63, 3.8) is 0 Å². The van der Waals surface area contributed by atoms with Crippen LogP contribution in [-0.2, 0) is 4.79 Å². The number of rotatable bonds is 8. The topological polar surface area (TPSA) is 20.3 Å². The molecule has 0 heterocycles. The molecule has 3 heteroatoms. The molecule has 112 valence electrons. The largest absolute Gasteiger partial charge is 0.342 e. The molecule has 0 saturated carbocycles. The molecular formula is C17H26BrNO. The summed E-state index contributed by atoms with van der Waals surface area (Å²) in [5.41, 5.74) is 1.14. The number of benzene rings is 1. The Balaban J connectivity index is 2.95. The lowest BCUT2D eigenvalue weighted by atomic mass is 9.84. The van der Waals surface area contributed by atoms with Crippen LogP contribution in [0.2, 0.25) is 0 Å². The van der Waals surface area contributed by atoms with Crippen molar-refractivity contribution < 1.29 is 4.79 Å². The SMILES string of the molecule is CCC(C)C(C(=O)N(CC)CCCBr)c1ccccc1. The maximum absolute atomic E-state index is 12.9. The Hall–Kier alpha value is -0.830. The smallest absolute Gasteiger partial charge is 0.230 e. The number of hydrogen-bond donors (Lipinski definition) is 0. The molecule has 20 heavy (non-hydrogen) atoms. The number of nitrogens with zero attached hydrogens (tertiary/aromatic N) is 1.